The molecule has 0 fully saturated rings. The summed E-state index contributed by atoms with van der Waals surface area (Å²) >= 11 is 1.47. The summed E-state index contributed by atoms with van der Waals surface area (Å²) in [5.41, 5.74) is 3.05. The number of rotatable bonds is 3. The molecule has 0 saturated heterocycles. The number of nitrogens with one attached hydrogen (secondary N) is 2. The number of aromatic amines is 1. The number of nitrogens with zero attached hydrogens (tertiary/aromatic N) is 1. The molecule has 0 aliphatic heterocycles. The summed E-state index contributed by atoms with van der Waals surface area (Å²) in [4.78, 5) is 19.9. The number of hydrogen-bond acceptors (Lipinski definition) is 3. The molecule has 5 heteroatoms. The molecular formula is C17H19N3OS. The minimum absolute atomic E-state index is 0.00365. The molecule has 2 heterocycles. The third-order valence-corrected chi connectivity index (χ3v) is 4.30. The quantitative estimate of drug-likeness (QED) is 0.764. The van der Waals surface area contributed by atoms with Crippen LogP contribution in [-0.4, -0.2) is 15.9 Å². The highest BCUT2D eigenvalue weighted by Crippen LogP contribution is 2.26. The summed E-state index contributed by atoms with van der Waals surface area (Å²) in [6.45, 7) is 6.33. The van der Waals surface area contributed by atoms with Gasteiger partial charge in [-0.15, -0.1) is 11.3 Å². The Morgan fingerprint density at radius 3 is 2.82 bits per heavy atom. The van der Waals surface area contributed by atoms with Crippen molar-refractivity contribution in [1.82, 2.24) is 9.97 Å². The van der Waals surface area contributed by atoms with Gasteiger partial charge in [-0.1, -0.05) is 39.0 Å². The first-order chi connectivity index (χ1) is 10.4. The van der Waals surface area contributed by atoms with Crippen LogP contribution in [0.4, 0.5) is 5.13 Å². The highest BCUT2D eigenvalue weighted by atomic mass is 32.1. The molecule has 0 spiro atoms. The number of carbonyl (C=O) groups excluding carboxylic acids is 1. The number of anilines is 1. The average Bonchev–Trinajstić information content (AvgIpc) is 3.06. The number of H-pyrrole nitrogens is 1. The summed E-state index contributed by atoms with van der Waals surface area (Å²) in [6, 6.07) is 7.99. The third kappa shape index (κ3) is 3.04. The Hall–Kier alpha value is -2.14. The van der Waals surface area contributed by atoms with Crippen LogP contribution in [0.1, 0.15) is 32.0 Å². The topological polar surface area (TPSA) is 57.8 Å². The standard InChI is InChI=1S/C17H19N3OS/c1-17(2,3)14-10-22-16(19-14)20-15(21)8-11-9-18-13-7-5-4-6-12(11)13/h4-7,9-10,18H,8H2,1-3H3,(H,19,20,21). The van der Waals surface area contributed by atoms with Crippen molar-refractivity contribution in [3.8, 4) is 0 Å². The van der Waals surface area contributed by atoms with Crippen LogP contribution in [0, 0.1) is 0 Å². The molecular weight excluding hydrogens is 294 g/mol. The zero-order valence-corrected chi connectivity index (χ0v) is 13.8. The van der Waals surface area contributed by atoms with Crippen molar-refractivity contribution >= 4 is 33.3 Å². The molecule has 0 bridgehead atoms. The van der Waals surface area contributed by atoms with Crippen LogP contribution in [-0.2, 0) is 16.6 Å². The van der Waals surface area contributed by atoms with E-state index in [9.17, 15) is 4.79 Å². The molecule has 22 heavy (non-hydrogen) atoms. The van der Waals surface area contributed by atoms with Gasteiger partial charge >= 0.3 is 0 Å². The molecule has 4 nitrogen and oxygen atoms in total. The smallest absolute Gasteiger partial charge is 0.230 e. The molecule has 0 atom stereocenters. The number of para-hydroxylation sites is 1. The molecule has 1 amide bonds. The second kappa shape index (κ2) is 5.57. The zero-order chi connectivity index (χ0) is 15.7. The summed E-state index contributed by atoms with van der Waals surface area (Å²) in [5.74, 6) is -0.0421. The van der Waals surface area contributed by atoms with Crippen molar-refractivity contribution in [1.29, 1.82) is 0 Å². The van der Waals surface area contributed by atoms with Gasteiger partial charge < -0.3 is 10.3 Å². The fourth-order valence-electron chi connectivity index (χ4n) is 2.29. The maximum absolute atomic E-state index is 12.2. The van der Waals surface area contributed by atoms with Crippen LogP contribution >= 0.6 is 11.3 Å². The number of thiazole rings is 1. The molecule has 0 radical (unpaired) electrons. The van der Waals surface area contributed by atoms with E-state index in [0.717, 1.165) is 22.2 Å². The van der Waals surface area contributed by atoms with Gasteiger partial charge in [0, 0.05) is 27.9 Å². The number of benzene rings is 1. The molecule has 0 aliphatic rings. The summed E-state index contributed by atoms with van der Waals surface area (Å²) in [5, 5.41) is 6.65. The molecule has 1 aromatic carbocycles. The number of amides is 1. The van der Waals surface area contributed by atoms with Gasteiger partial charge in [0.05, 0.1) is 12.1 Å². The van der Waals surface area contributed by atoms with Gasteiger partial charge in [-0.3, -0.25) is 4.79 Å². The van der Waals surface area contributed by atoms with E-state index in [4.69, 9.17) is 0 Å². The van der Waals surface area contributed by atoms with E-state index in [-0.39, 0.29) is 11.3 Å². The molecule has 0 unspecified atom stereocenters. The second-order valence-electron chi connectivity index (χ2n) is 6.37. The van der Waals surface area contributed by atoms with Crippen molar-refractivity contribution in [3.63, 3.8) is 0 Å². The van der Waals surface area contributed by atoms with Crippen LogP contribution < -0.4 is 5.32 Å². The van der Waals surface area contributed by atoms with Gasteiger partial charge in [0.2, 0.25) is 5.91 Å². The first-order valence-electron chi connectivity index (χ1n) is 7.24. The number of fused-ring (bicyclic) bond motifs is 1. The molecule has 0 aliphatic carbocycles. The Morgan fingerprint density at radius 1 is 1.32 bits per heavy atom. The number of aromatic nitrogens is 2. The first-order valence-corrected chi connectivity index (χ1v) is 8.12. The molecule has 3 aromatic rings. The monoisotopic (exact) mass is 313 g/mol. The van der Waals surface area contributed by atoms with Gasteiger partial charge in [-0.2, -0.15) is 0 Å². The lowest BCUT2D eigenvalue weighted by molar-refractivity contribution is -0.115. The fraction of sp³-hybridized carbons (Fsp3) is 0.294. The predicted molar refractivity (Wildman–Crippen MR) is 91.4 cm³/mol. The Labute approximate surface area is 133 Å². The molecule has 2 N–H and O–H groups in total. The lowest BCUT2D eigenvalue weighted by atomic mass is 9.93. The fourth-order valence-corrected chi connectivity index (χ4v) is 3.24. The van der Waals surface area contributed by atoms with E-state index in [1.807, 2.05) is 35.8 Å². The van der Waals surface area contributed by atoms with Crippen LogP contribution in [0.2, 0.25) is 0 Å². The lowest BCUT2D eigenvalue weighted by Gasteiger charge is -2.14. The number of carbonyl (C=O) groups is 1. The average molecular weight is 313 g/mol. The van der Waals surface area contributed by atoms with Gasteiger partial charge in [0.1, 0.15) is 0 Å². The van der Waals surface area contributed by atoms with Crippen LogP contribution in [0.25, 0.3) is 10.9 Å². The van der Waals surface area contributed by atoms with Crippen molar-refractivity contribution in [3.05, 3.63) is 47.1 Å². The van der Waals surface area contributed by atoms with Crippen LogP contribution in [0.3, 0.4) is 0 Å². The van der Waals surface area contributed by atoms with Crippen molar-refractivity contribution < 1.29 is 4.79 Å². The lowest BCUT2D eigenvalue weighted by Crippen LogP contribution is -2.15. The van der Waals surface area contributed by atoms with Crippen molar-refractivity contribution in [2.45, 2.75) is 32.6 Å². The highest BCUT2D eigenvalue weighted by Gasteiger charge is 2.18. The third-order valence-electron chi connectivity index (χ3n) is 3.54. The van der Waals surface area contributed by atoms with Gasteiger partial charge in [-0.05, 0) is 11.6 Å². The number of hydrogen-bond donors (Lipinski definition) is 2. The van der Waals surface area contributed by atoms with E-state index >= 15 is 0 Å². The van der Waals surface area contributed by atoms with Gasteiger partial charge in [0.25, 0.3) is 0 Å². The Morgan fingerprint density at radius 2 is 2.09 bits per heavy atom. The largest absolute Gasteiger partial charge is 0.361 e. The second-order valence-corrected chi connectivity index (χ2v) is 7.23. The molecule has 0 saturated carbocycles. The van der Waals surface area contributed by atoms with Crippen LogP contribution in [0.15, 0.2) is 35.8 Å². The van der Waals surface area contributed by atoms with E-state index in [1.165, 1.54) is 11.3 Å². The molecule has 2 aromatic heterocycles. The summed E-state index contributed by atoms with van der Waals surface area (Å²) in [6.07, 6.45) is 2.24. The molecule has 3 rings (SSSR count). The van der Waals surface area contributed by atoms with E-state index in [0.29, 0.717) is 11.6 Å². The highest BCUT2D eigenvalue weighted by molar-refractivity contribution is 7.13. The normalized spacial score (nSPS) is 11.8. The Balaban J connectivity index is 1.71. The van der Waals surface area contributed by atoms with Gasteiger partial charge in [0.15, 0.2) is 5.13 Å². The predicted octanol–water partition coefficient (Wildman–Crippen LogP) is 4.10. The molecule has 114 valence electrons. The van der Waals surface area contributed by atoms with E-state index in [1.54, 1.807) is 0 Å². The maximum Gasteiger partial charge on any atom is 0.230 e. The van der Waals surface area contributed by atoms with E-state index in [2.05, 4.69) is 36.1 Å². The maximum atomic E-state index is 12.2. The minimum atomic E-state index is -0.0421. The van der Waals surface area contributed by atoms with Crippen LogP contribution in [0.5, 0.6) is 0 Å². The minimum Gasteiger partial charge on any atom is -0.361 e. The first kappa shape index (κ1) is 14.8. The summed E-state index contributed by atoms with van der Waals surface area (Å²) in [7, 11) is 0. The summed E-state index contributed by atoms with van der Waals surface area (Å²) < 4.78 is 0. The Kier molecular flexibility index (Phi) is 3.74. The van der Waals surface area contributed by atoms with E-state index < -0.39 is 0 Å². The van der Waals surface area contributed by atoms with Gasteiger partial charge in [-0.25, -0.2) is 4.98 Å². The van der Waals surface area contributed by atoms with Crippen molar-refractivity contribution in [2.75, 3.05) is 5.32 Å². The zero-order valence-electron chi connectivity index (χ0n) is 12.9. The van der Waals surface area contributed by atoms with Crippen molar-refractivity contribution in [2.24, 2.45) is 0 Å². The SMILES string of the molecule is CC(C)(C)c1csc(NC(=O)Cc2c[nH]c3ccccc23)n1. The Bertz CT molecular complexity index is 811.